The number of carbonyl (C=O) groups is 1. The summed E-state index contributed by atoms with van der Waals surface area (Å²) in [6.45, 7) is 5.42. The van der Waals surface area contributed by atoms with E-state index in [1.165, 1.54) is 17.7 Å². The molecule has 2 heterocycles. The fourth-order valence-corrected chi connectivity index (χ4v) is 4.29. The minimum Gasteiger partial charge on any atom is -0.380 e. The van der Waals surface area contributed by atoms with Crippen molar-refractivity contribution in [2.24, 2.45) is 5.92 Å². The number of amides is 1. The molecule has 2 aliphatic rings. The molecular formula is C20H29FN2O2. The number of rotatable bonds is 4. The molecule has 0 unspecified atom stereocenters. The van der Waals surface area contributed by atoms with Gasteiger partial charge < -0.3 is 9.64 Å². The van der Waals surface area contributed by atoms with E-state index in [1.807, 2.05) is 17.0 Å². The predicted octanol–water partition coefficient (Wildman–Crippen LogP) is 2.72. The van der Waals surface area contributed by atoms with E-state index in [0.717, 1.165) is 51.9 Å². The Morgan fingerprint density at radius 2 is 1.84 bits per heavy atom. The van der Waals surface area contributed by atoms with Gasteiger partial charge in [0.25, 0.3) is 0 Å². The first-order chi connectivity index (χ1) is 12.1. The number of ether oxygens (including phenoxy) is 1. The molecule has 1 aromatic carbocycles. The monoisotopic (exact) mass is 348 g/mol. The molecule has 0 spiro atoms. The topological polar surface area (TPSA) is 32.8 Å². The van der Waals surface area contributed by atoms with Crippen LogP contribution >= 0.6 is 0 Å². The van der Waals surface area contributed by atoms with Crippen molar-refractivity contribution in [2.45, 2.75) is 44.8 Å². The largest absolute Gasteiger partial charge is 0.380 e. The normalized spacial score (nSPS) is 26.0. The standard InChI is InChI=1S/C20H29FN2O2/c1-15(24)22-11-8-19(9-12-22)23-10-7-17(20(14-23)25-2)13-16-3-5-18(21)6-4-16/h3-6,17,19-20H,7-14H2,1-2H3/t17-,20-/m1/s1. The van der Waals surface area contributed by atoms with Crippen molar-refractivity contribution in [1.82, 2.24) is 9.80 Å². The molecule has 0 aliphatic carbocycles. The summed E-state index contributed by atoms with van der Waals surface area (Å²) in [6, 6.07) is 7.39. The molecule has 0 aromatic heterocycles. The Hall–Kier alpha value is -1.46. The molecule has 3 rings (SSSR count). The highest BCUT2D eigenvalue weighted by Crippen LogP contribution is 2.28. The fourth-order valence-electron chi connectivity index (χ4n) is 4.29. The molecule has 0 N–H and O–H groups in total. The molecular weight excluding hydrogens is 319 g/mol. The number of hydrogen-bond acceptors (Lipinski definition) is 3. The second-order valence-corrected chi connectivity index (χ2v) is 7.39. The Morgan fingerprint density at radius 3 is 2.44 bits per heavy atom. The number of likely N-dealkylation sites (tertiary alicyclic amines) is 2. The van der Waals surface area contributed by atoms with Crippen LogP contribution in [0, 0.1) is 11.7 Å². The van der Waals surface area contributed by atoms with E-state index in [1.54, 1.807) is 14.0 Å². The molecule has 2 aliphatic heterocycles. The highest BCUT2D eigenvalue weighted by Gasteiger charge is 2.34. The lowest BCUT2D eigenvalue weighted by molar-refractivity contribution is -0.130. The molecule has 2 saturated heterocycles. The smallest absolute Gasteiger partial charge is 0.219 e. The van der Waals surface area contributed by atoms with Crippen LogP contribution in [0.25, 0.3) is 0 Å². The van der Waals surface area contributed by atoms with E-state index in [0.29, 0.717) is 12.0 Å². The molecule has 2 fully saturated rings. The first-order valence-electron chi connectivity index (χ1n) is 9.33. The zero-order valence-corrected chi connectivity index (χ0v) is 15.3. The summed E-state index contributed by atoms with van der Waals surface area (Å²) in [5.41, 5.74) is 1.18. The number of nitrogens with zero attached hydrogens (tertiary/aromatic N) is 2. The van der Waals surface area contributed by atoms with Gasteiger partial charge in [-0.3, -0.25) is 9.69 Å². The van der Waals surface area contributed by atoms with Gasteiger partial charge in [-0.05, 0) is 55.8 Å². The predicted molar refractivity (Wildman–Crippen MR) is 95.9 cm³/mol. The number of hydrogen-bond donors (Lipinski definition) is 0. The second-order valence-electron chi connectivity index (χ2n) is 7.39. The molecule has 5 heteroatoms. The van der Waals surface area contributed by atoms with E-state index in [2.05, 4.69) is 4.90 Å². The van der Waals surface area contributed by atoms with Crippen LogP contribution in [-0.4, -0.2) is 61.1 Å². The third-order valence-corrected chi connectivity index (χ3v) is 5.87. The van der Waals surface area contributed by atoms with Gasteiger partial charge in [-0.15, -0.1) is 0 Å². The molecule has 138 valence electrons. The Kier molecular flexibility index (Phi) is 6.07. The number of carbonyl (C=O) groups excluding carboxylic acids is 1. The van der Waals surface area contributed by atoms with Crippen LogP contribution in [0.5, 0.6) is 0 Å². The van der Waals surface area contributed by atoms with E-state index in [9.17, 15) is 9.18 Å². The summed E-state index contributed by atoms with van der Waals surface area (Å²) in [6.07, 6.45) is 4.36. The number of benzene rings is 1. The van der Waals surface area contributed by atoms with Crippen molar-refractivity contribution in [3.05, 3.63) is 35.6 Å². The van der Waals surface area contributed by atoms with Crippen molar-refractivity contribution >= 4 is 5.91 Å². The summed E-state index contributed by atoms with van der Waals surface area (Å²) < 4.78 is 18.9. The van der Waals surface area contributed by atoms with Crippen molar-refractivity contribution < 1.29 is 13.9 Å². The summed E-state index contributed by atoms with van der Waals surface area (Å²) >= 11 is 0. The third kappa shape index (κ3) is 4.59. The van der Waals surface area contributed by atoms with Gasteiger partial charge in [0, 0.05) is 39.7 Å². The van der Waals surface area contributed by atoms with Crippen molar-refractivity contribution in [3.8, 4) is 0 Å². The van der Waals surface area contributed by atoms with Crippen LogP contribution in [0.4, 0.5) is 4.39 Å². The lowest BCUT2D eigenvalue weighted by atomic mass is 9.86. The van der Waals surface area contributed by atoms with Gasteiger partial charge in [0.15, 0.2) is 0 Å². The molecule has 0 radical (unpaired) electrons. The lowest BCUT2D eigenvalue weighted by Crippen LogP contribution is -2.53. The Morgan fingerprint density at radius 1 is 1.16 bits per heavy atom. The van der Waals surface area contributed by atoms with Gasteiger partial charge in [0.2, 0.25) is 5.91 Å². The number of halogens is 1. The molecule has 0 bridgehead atoms. The summed E-state index contributed by atoms with van der Waals surface area (Å²) in [7, 11) is 1.80. The minimum absolute atomic E-state index is 0.182. The molecule has 1 amide bonds. The average molecular weight is 348 g/mol. The van der Waals surface area contributed by atoms with Crippen LogP contribution in [0.3, 0.4) is 0 Å². The SMILES string of the molecule is CO[C@@H]1CN(C2CCN(C(C)=O)CC2)CC[C@@H]1Cc1ccc(F)cc1. The summed E-state index contributed by atoms with van der Waals surface area (Å²) in [5, 5.41) is 0. The minimum atomic E-state index is -0.182. The molecule has 4 nitrogen and oxygen atoms in total. The van der Waals surface area contributed by atoms with E-state index in [-0.39, 0.29) is 17.8 Å². The van der Waals surface area contributed by atoms with Gasteiger partial charge in [0.1, 0.15) is 5.82 Å². The molecule has 0 saturated carbocycles. The van der Waals surface area contributed by atoms with Gasteiger partial charge in [-0.25, -0.2) is 4.39 Å². The van der Waals surface area contributed by atoms with E-state index >= 15 is 0 Å². The van der Waals surface area contributed by atoms with Crippen LogP contribution in [0.2, 0.25) is 0 Å². The Bertz CT molecular complexity index is 570. The second kappa shape index (κ2) is 8.28. The van der Waals surface area contributed by atoms with Crippen LogP contribution in [0.1, 0.15) is 31.7 Å². The maximum atomic E-state index is 13.1. The Balaban J connectivity index is 1.54. The highest BCUT2D eigenvalue weighted by molar-refractivity contribution is 5.73. The van der Waals surface area contributed by atoms with Gasteiger partial charge in [-0.1, -0.05) is 12.1 Å². The maximum Gasteiger partial charge on any atom is 0.219 e. The Labute approximate surface area is 149 Å². The van der Waals surface area contributed by atoms with Crippen LogP contribution < -0.4 is 0 Å². The summed E-state index contributed by atoms with van der Waals surface area (Å²) in [5.74, 6) is 0.481. The van der Waals surface area contributed by atoms with Gasteiger partial charge >= 0.3 is 0 Å². The van der Waals surface area contributed by atoms with Crippen LogP contribution in [0.15, 0.2) is 24.3 Å². The maximum absolute atomic E-state index is 13.1. The molecule has 25 heavy (non-hydrogen) atoms. The van der Waals surface area contributed by atoms with Crippen molar-refractivity contribution in [2.75, 3.05) is 33.3 Å². The van der Waals surface area contributed by atoms with E-state index in [4.69, 9.17) is 4.74 Å². The molecule has 1 aromatic rings. The van der Waals surface area contributed by atoms with E-state index < -0.39 is 0 Å². The fraction of sp³-hybridized carbons (Fsp3) is 0.650. The number of methoxy groups -OCH3 is 1. The van der Waals surface area contributed by atoms with Gasteiger partial charge in [-0.2, -0.15) is 0 Å². The van der Waals surface area contributed by atoms with Gasteiger partial charge in [0.05, 0.1) is 6.10 Å². The lowest BCUT2D eigenvalue weighted by Gasteiger charge is -2.44. The quantitative estimate of drug-likeness (QED) is 0.839. The van der Waals surface area contributed by atoms with Crippen molar-refractivity contribution in [1.29, 1.82) is 0 Å². The zero-order valence-electron chi connectivity index (χ0n) is 15.3. The average Bonchev–Trinajstić information content (AvgIpc) is 2.64. The van der Waals surface area contributed by atoms with Crippen LogP contribution in [-0.2, 0) is 16.0 Å². The molecule has 2 atom stereocenters. The number of piperidine rings is 2. The van der Waals surface area contributed by atoms with Crippen molar-refractivity contribution in [3.63, 3.8) is 0 Å². The first kappa shape index (κ1) is 18.3. The highest BCUT2D eigenvalue weighted by atomic mass is 19.1. The zero-order chi connectivity index (χ0) is 17.8. The third-order valence-electron chi connectivity index (χ3n) is 5.87. The first-order valence-corrected chi connectivity index (χ1v) is 9.33. The summed E-state index contributed by atoms with van der Waals surface area (Å²) in [4.78, 5) is 16.0.